The molecule has 1 aliphatic heterocycles. The molecular formula is C23H14Cl2N2O6. The van der Waals surface area contributed by atoms with Crippen LogP contribution >= 0.6 is 23.2 Å². The zero-order valence-corrected chi connectivity index (χ0v) is 18.4. The second-order valence-electron chi connectivity index (χ2n) is 6.97. The number of nitrogens with zero attached hydrogens (tertiary/aromatic N) is 1. The number of anilines is 2. The Balaban J connectivity index is 1.69. The molecule has 0 atom stereocenters. The summed E-state index contributed by atoms with van der Waals surface area (Å²) in [5, 5.41) is 12.3. The Morgan fingerprint density at radius 3 is 2.33 bits per heavy atom. The van der Waals surface area contributed by atoms with Crippen LogP contribution in [0, 0.1) is 0 Å². The normalized spacial score (nSPS) is 12.5. The van der Waals surface area contributed by atoms with Crippen LogP contribution in [0.15, 0.2) is 54.6 Å². The monoisotopic (exact) mass is 484 g/mol. The highest BCUT2D eigenvalue weighted by Gasteiger charge is 2.37. The lowest BCUT2D eigenvalue weighted by Crippen LogP contribution is -2.29. The molecule has 10 heteroatoms. The number of hydrogen-bond donors (Lipinski definition) is 2. The Kier molecular flexibility index (Phi) is 5.80. The third kappa shape index (κ3) is 4.02. The summed E-state index contributed by atoms with van der Waals surface area (Å²) in [6.07, 6.45) is 0. The van der Waals surface area contributed by atoms with Crippen molar-refractivity contribution in [2.45, 2.75) is 0 Å². The van der Waals surface area contributed by atoms with Crippen molar-refractivity contribution in [1.82, 2.24) is 0 Å². The molecule has 0 saturated carbocycles. The number of hydrogen-bond acceptors (Lipinski definition) is 5. The van der Waals surface area contributed by atoms with E-state index < -0.39 is 23.7 Å². The summed E-state index contributed by atoms with van der Waals surface area (Å²) in [5.41, 5.74) is 0.466. The van der Waals surface area contributed by atoms with E-state index in [1.807, 2.05) is 0 Å². The number of benzene rings is 3. The summed E-state index contributed by atoms with van der Waals surface area (Å²) in [6.45, 7) is 0. The summed E-state index contributed by atoms with van der Waals surface area (Å²) in [7, 11) is 1.40. The highest BCUT2D eigenvalue weighted by molar-refractivity contribution is 6.37. The van der Waals surface area contributed by atoms with Gasteiger partial charge < -0.3 is 15.2 Å². The first-order chi connectivity index (χ1) is 15.7. The average Bonchev–Trinajstić information content (AvgIpc) is 3.03. The van der Waals surface area contributed by atoms with E-state index in [-0.39, 0.29) is 44.4 Å². The fourth-order valence-electron chi connectivity index (χ4n) is 3.40. The number of rotatable bonds is 5. The van der Waals surface area contributed by atoms with E-state index in [0.29, 0.717) is 5.02 Å². The van der Waals surface area contributed by atoms with Crippen LogP contribution in [-0.4, -0.2) is 35.9 Å². The zero-order valence-electron chi connectivity index (χ0n) is 16.9. The summed E-state index contributed by atoms with van der Waals surface area (Å²) < 4.78 is 5.28. The summed E-state index contributed by atoms with van der Waals surface area (Å²) in [4.78, 5) is 50.7. The van der Waals surface area contributed by atoms with E-state index in [4.69, 9.17) is 27.9 Å². The van der Waals surface area contributed by atoms with Gasteiger partial charge in [-0.15, -0.1) is 0 Å². The molecule has 0 aromatic heterocycles. The van der Waals surface area contributed by atoms with Gasteiger partial charge in [0.2, 0.25) is 0 Å². The van der Waals surface area contributed by atoms with Crippen molar-refractivity contribution in [2.75, 3.05) is 17.3 Å². The molecule has 4 rings (SSSR count). The van der Waals surface area contributed by atoms with Crippen LogP contribution in [0.25, 0.3) is 0 Å². The van der Waals surface area contributed by atoms with Gasteiger partial charge in [0.1, 0.15) is 5.75 Å². The van der Waals surface area contributed by atoms with Crippen LogP contribution < -0.4 is 15.0 Å². The second kappa shape index (κ2) is 8.57. The lowest BCUT2D eigenvalue weighted by Gasteiger charge is -2.17. The van der Waals surface area contributed by atoms with Gasteiger partial charge in [-0.3, -0.25) is 14.4 Å². The number of carbonyl (C=O) groups excluding carboxylic acids is 3. The SMILES string of the molecule is COc1ccc(N2C(=O)c3ccc(C(=O)O)cc3C2=O)cc1NC(=O)c1ccc(Cl)cc1Cl. The van der Waals surface area contributed by atoms with Crippen molar-refractivity contribution in [3.05, 3.63) is 86.9 Å². The van der Waals surface area contributed by atoms with E-state index in [0.717, 1.165) is 11.0 Å². The van der Waals surface area contributed by atoms with Gasteiger partial charge in [0.05, 0.1) is 45.8 Å². The third-order valence-electron chi connectivity index (χ3n) is 5.00. The van der Waals surface area contributed by atoms with Gasteiger partial charge in [-0.2, -0.15) is 0 Å². The number of carboxylic acid groups (broad SMARTS) is 1. The van der Waals surface area contributed by atoms with Crippen molar-refractivity contribution in [1.29, 1.82) is 0 Å². The smallest absolute Gasteiger partial charge is 0.335 e. The first-order valence-electron chi connectivity index (χ1n) is 9.42. The average molecular weight is 485 g/mol. The molecule has 0 saturated heterocycles. The van der Waals surface area contributed by atoms with Crippen LogP contribution in [0.2, 0.25) is 10.0 Å². The molecular weight excluding hydrogens is 471 g/mol. The number of carboxylic acids is 1. The predicted octanol–water partition coefficient (Wildman–Crippen LogP) is 4.75. The first-order valence-corrected chi connectivity index (χ1v) is 10.2. The number of carbonyl (C=O) groups is 4. The number of nitrogens with one attached hydrogen (secondary N) is 1. The van der Waals surface area contributed by atoms with Gasteiger partial charge in [0, 0.05) is 5.02 Å². The molecule has 8 nitrogen and oxygen atoms in total. The predicted molar refractivity (Wildman–Crippen MR) is 122 cm³/mol. The van der Waals surface area contributed by atoms with Crippen LogP contribution in [0.3, 0.4) is 0 Å². The zero-order chi connectivity index (χ0) is 23.9. The molecule has 0 radical (unpaired) electrons. The number of halogens is 2. The van der Waals surface area contributed by atoms with Gasteiger partial charge in [-0.1, -0.05) is 23.2 Å². The molecule has 0 bridgehead atoms. The summed E-state index contributed by atoms with van der Waals surface area (Å²) >= 11 is 12.0. The number of amides is 3. The van der Waals surface area contributed by atoms with Gasteiger partial charge >= 0.3 is 5.97 Å². The lowest BCUT2D eigenvalue weighted by atomic mass is 10.1. The molecule has 3 aromatic rings. The van der Waals surface area contributed by atoms with E-state index >= 15 is 0 Å². The van der Waals surface area contributed by atoms with Crippen molar-refractivity contribution < 1.29 is 29.0 Å². The summed E-state index contributed by atoms with van der Waals surface area (Å²) in [6, 6.07) is 12.5. The number of imide groups is 1. The van der Waals surface area contributed by atoms with Crippen LogP contribution in [-0.2, 0) is 0 Å². The molecule has 3 aromatic carbocycles. The Labute approximate surface area is 197 Å². The molecule has 33 heavy (non-hydrogen) atoms. The number of ether oxygens (including phenoxy) is 1. The Morgan fingerprint density at radius 1 is 0.939 bits per heavy atom. The molecule has 2 N–H and O–H groups in total. The summed E-state index contributed by atoms with van der Waals surface area (Å²) in [5.74, 6) is -2.79. The first kappa shape index (κ1) is 22.3. The molecule has 1 aliphatic rings. The van der Waals surface area contributed by atoms with Gasteiger partial charge in [0.15, 0.2) is 0 Å². The van der Waals surface area contributed by atoms with E-state index in [9.17, 15) is 24.3 Å². The fraction of sp³-hybridized carbons (Fsp3) is 0.0435. The van der Waals surface area contributed by atoms with Crippen LogP contribution in [0.4, 0.5) is 11.4 Å². The standard InChI is InChI=1S/C23H14Cl2N2O6/c1-33-19-7-4-13(10-18(19)26-20(28)15-6-3-12(24)9-17(15)25)27-21(29)14-5-2-11(23(31)32)8-16(14)22(27)30/h2-10H,1H3,(H,26,28)(H,31,32). The van der Waals surface area contributed by atoms with Gasteiger partial charge in [0.25, 0.3) is 17.7 Å². The Morgan fingerprint density at radius 2 is 1.67 bits per heavy atom. The Bertz CT molecular complexity index is 1350. The minimum atomic E-state index is -1.22. The maximum atomic E-state index is 12.9. The second-order valence-corrected chi connectivity index (χ2v) is 7.82. The van der Waals surface area contributed by atoms with E-state index in [1.165, 1.54) is 55.6 Å². The fourth-order valence-corrected chi connectivity index (χ4v) is 3.90. The molecule has 1 heterocycles. The minimum absolute atomic E-state index is 0.0192. The largest absolute Gasteiger partial charge is 0.495 e. The highest BCUT2D eigenvalue weighted by Crippen LogP contribution is 2.35. The van der Waals surface area contributed by atoms with Crippen molar-refractivity contribution in [3.63, 3.8) is 0 Å². The molecule has 3 amide bonds. The van der Waals surface area contributed by atoms with Crippen molar-refractivity contribution in [3.8, 4) is 5.75 Å². The highest BCUT2D eigenvalue weighted by atomic mass is 35.5. The minimum Gasteiger partial charge on any atom is -0.495 e. The number of fused-ring (bicyclic) bond motifs is 1. The number of methoxy groups -OCH3 is 1. The van der Waals surface area contributed by atoms with Crippen LogP contribution in [0.1, 0.15) is 41.4 Å². The number of aromatic carboxylic acids is 1. The topological polar surface area (TPSA) is 113 Å². The quantitative estimate of drug-likeness (QED) is 0.505. The van der Waals surface area contributed by atoms with Crippen molar-refractivity contribution >= 4 is 58.3 Å². The molecule has 166 valence electrons. The Hall–Kier alpha value is -3.88. The van der Waals surface area contributed by atoms with E-state index in [2.05, 4.69) is 5.32 Å². The molecule has 0 spiro atoms. The van der Waals surface area contributed by atoms with Gasteiger partial charge in [-0.05, 0) is 54.6 Å². The van der Waals surface area contributed by atoms with Crippen LogP contribution in [0.5, 0.6) is 5.75 Å². The lowest BCUT2D eigenvalue weighted by molar-refractivity contribution is 0.0696. The molecule has 0 aliphatic carbocycles. The van der Waals surface area contributed by atoms with Gasteiger partial charge in [-0.25, -0.2) is 9.69 Å². The molecule has 0 unspecified atom stereocenters. The maximum absolute atomic E-state index is 12.9. The third-order valence-corrected chi connectivity index (χ3v) is 5.55. The maximum Gasteiger partial charge on any atom is 0.335 e. The van der Waals surface area contributed by atoms with E-state index in [1.54, 1.807) is 0 Å². The van der Waals surface area contributed by atoms with Crippen molar-refractivity contribution in [2.24, 2.45) is 0 Å². The molecule has 0 fully saturated rings.